The Morgan fingerprint density at radius 3 is 2.10 bits per heavy atom. The van der Waals surface area contributed by atoms with Gasteiger partial charge in [0, 0.05) is 54.8 Å². The fraction of sp³-hybridized carbons (Fsp3) is 0.619. The summed E-state index contributed by atoms with van der Waals surface area (Å²) in [4.78, 5) is 55.1. The molecule has 0 radical (unpaired) electrons. The molecule has 0 aromatic heterocycles. The van der Waals surface area contributed by atoms with Gasteiger partial charge in [0.05, 0.1) is 53.8 Å². The number of phenolic OH excluding ortho intramolecular Hbond substituents is 3. The summed E-state index contributed by atoms with van der Waals surface area (Å²) in [5, 5.41) is 57.8. The van der Waals surface area contributed by atoms with Gasteiger partial charge < -0.3 is 63.6 Å². The molecule has 0 unspecified atom stereocenters. The number of aromatic hydroxyl groups is 3. The lowest BCUT2D eigenvalue weighted by Gasteiger charge is -2.48. The van der Waals surface area contributed by atoms with E-state index in [4.69, 9.17) is 33.2 Å². The van der Waals surface area contributed by atoms with E-state index >= 15 is 0 Å². The molecular formula is C42H53NO16. The second-order valence-corrected chi connectivity index (χ2v) is 16.4. The maximum Gasteiger partial charge on any atom is 0.316 e. The van der Waals surface area contributed by atoms with E-state index < -0.39 is 119 Å². The monoisotopic (exact) mass is 827 g/mol. The molecule has 7 rings (SSSR count). The average Bonchev–Trinajstić information content (AvgIpc) is 3.18. The fourth-order valence-electron chi connectivity index (χ4n) is 9.36. The number of esters is 1. The third kappa shape index (κ3) is 7.54. The van der Waals surface area contributed by atoms with E-state index in [1.807, 2.05) is 19.0 Å². The molecule has 3 fully saturated rings. The molecule has 17 heteroatoms. The van der Waals surface area contributed by atoms with Crippen molar-refractivity contribution in [2.75, 3.05) is 21.2 Å². The van der Waals surface area contributed by atoms with Crippen molar-refractivity contribution in [1.29, 1.82) is 0 Å². The Morgan fingerprint density at radius 1 is 0.847 bits per heavy atom. The van der Waals surface area contributed by atoms with E-state index in [1.165, 1.54) is 18.2 Å². The van der Waals surface area contributed by atoms with Crippen molar-refractivity contribution in [1.82, 2.24) is 4.90 Å². The lowest BCUT2D eigenvalue weighted by molar-refractivity contribution is -0.324. The van der Waals surface area contributed by atoms with Crippen LogP contribution in [0.15, 0.2) is 18.2 Å². The van der Waals surface area contributed by atoms with Crippen LogP contribution in [-0.2, 0) is 42.7 Å². The zero-order chi connectivity index (χ0) is 42.8. The quantitative estimate of drug-likeness (QED) is 0.154. The predicted molar refractivity (Wildman–Crippen MR) is 203 cm³/mol. The van der Waals surface area contributed by atoms with Crippen LogP contribution in [0.4, 0.5) is 0 Å². The standard InChI is InChI=1S/C42H53NO16/c1-8-42(52)16-25(30-31(34(42)41(51)53-7)38(50)32-33(37(30)49)36(48)29-20(35(32)47)10-9-11-23(29)45)57-27-14-21(43(5)6)39(18(3)55-27)59-28-15-24(46)40(19(4)56-28)58-26-13-12-22(44)17(2)54-26/h9-11,17-19,21,24-28,34,39-40,45-46,49-50,52H,8,12-16H2,1-7H3/t17-,18-,19-,21-,24-,25-,26-,27-,28-,34-,39+,40+,42+/m0/s1. The highest BCUT2D eigenvalue weighted by Crippen LogP contribution is 2.57. The molecule has 2 aromatic carbocycles. The van der Waals surface area contributed by atoms with Gasteiger partial charge in [0.25, 0.3) is 0 Å². The number of carbonyl (C=O) groups excluding carboxylic acids is 4. The number of fused-ring (bicyclic) bond motifs is 3. The minimum Gasteiger partial charge on any atom is -0.507 e. The summed E-state index contributed by atoms with van der Waals surface area (Å²) in [7, 11) is 4.78. The van der Waals surface area contributed by atoms with Crippen LogP contribution in [0.5, 0.6) is 17.2 Å². The Balaban J connectivity index is 1.16. The number of aliphatic hydroxyl groups excluding tert-OH is 1. The van der Waals surface area contributed by atoms with Crippen molar-refractivity contribution in [2.45, 2.75) is 145 Å². The Labute approximate surface area is 341 Å². The number of carbonyl (C=O) groups is 4. The van der Waals surface area contributed by atoms with Crippen LogP contribution in [-0.4, -0.2) is 142 Å². The maximum absolute atomic E-state index is 14.0. The van der Waals surface area contributed by atoms with Gasteiger partial charge in [-0.05, 0) is 47.4 Å². The largest absolute Gasteiger partial charge is 0.507 e. The van der Waals surface area contributed by atoms with Crippen molar-refractivity contribution in [2.24, 2.45) is 0 Å². The first-order chi connectivity index (χ1) is 27.9. The van der Waals surface area contributed by atoms with Gasteiger partial charge in [0.1, 0.15) is 41.5 Å². The number of methoxy groups -OCH3 is 1. The third-order valence-corrected chi connectivity index (χ3v) is 12.5. The molecule has 59 heavy (non-hydrogen) atoms. The first-order valence-electron chi connectivity index (χ1n) is 20.0. The van der Waals surface area contributed by atoms with E-state index in [0.717, 1.165) is 7.11 Å². The van der Waals surface area contributed by atoms with Crippen molar-refractivity contribution >= 4 is 23.3 Å². The van der Waals surface area contributed by atoms with Crippen molar-refractivity contribution < 1.29 is 77.9 Å². The normalized spacial score (nSPS) is 35.9. The van der Waals surface area contributed by atoms with E-state index in [2.05, 4.69) is 0 Å². The second kappa shape index (κ2) is 16.4. The molecule has 2 aliphatic carbocycles. The second-order valence-electron chi connectivity index (χ2n) is 16.4. The molecule has 0 saturated carbocycles. The van der Waals surface area contributed by atoms with Crippen molar-refractivity contribution in [3.8, 4) is 17.2 Å². The number of nitrogens with zero attached hydrogens (tertiary/aromatic N) is 1. The summed E-state index contributed by atoms with van der Waals surface area (Å²) >= 11 is 0. The van der Waals surface area contributed by atoms with E-state index in [0.29, 0.717) is 12.8 Å². The minimum atomic E-state index is -1.93. The zero-order valence-electron chi connectivity index (χ0n) is 34.1. The predicted octanol–water partition coefficient (Wildman–Crippen LogP) is 2.86. The molecule has 3 saturated heterocycles. The molecule has 5 aliphatic rings. The molecule has 13 atom stereocenters. The first-order valence-corrected chi connectivity index (χ1v) is 20.0. The molecule has 0 amide bonds. The van der Waals surface area contributed by atoms with Gasteiger partial charge in [-0.25, -0.2) is 0 Å². The Kier molecular flexibility index (Phi) is 12.0. The molecule has 0 bridgehead atoms. The van der Waals surface area contributed by atoms with Crippen molar-refractivity contribution in [3.05, 3.63) is 51.6 Å². The number of ketones is 3. The van der Waals surface area contributed by atoms with E-state index in [-0.39, 0.29) is 59.8 Å². The molecule has 3 aliphatic heterocycles. The summed E-state index contributed by atoms with van der Waals surface area (Å²) in [6.07, 6.45) is -7.45. The number of phenols is 3. The highest BCUT2D eigenvalue weighted by Gasteiger charge is 2.55. The number of benzene rings is 2. The summed E-state index contributed by atoms with van der Waals surface area (Å²) in [5.74, 6) is -6.43. The Hall–Kier alpha value is -4.04. The summed E-state index contributed by atoms with van der Waals surface area (Å²) in [5.41, 5.74) is -4.19. The Bertz CT molecular complexity index is 1990. The van der Waals surface area contributed by atoms with Gasteiger partial charge >= 0.3 is 5.97 Å². The summed E-state index contributed by atoms with van der Waals surface area (Å²) < 4.78 is 42.4. The molecule has 17 nitrogen and oxygen atoms in total. The van der Waals surface area contributed by atoms with Crippen LogP contribution in [0.1, 0.15) is 121 Å². The molecule has 322 valence electrons. The molecule has 3 heterocycles. The van der Waals surface area contributed by atoms with Crippen LogP contribution in [0, 0.1) is 0 Å². The summed E-state index contributed by atoms with van der Waals surface area (Å²) in [6.45, 7) is 6.82. The van der Waals surface area contributed by atoms with Crippen LogP contribution >= 0.6 is 0 Å². The minimum absolute atomic E-state index is 0.00418. The number of Topliss-reactive ketones (excluding diaryl/α,β-unsaturated/α-hetero) is 1. The highest BCUT2D eigenvalue weighted by molar-refractivity contribution is 6.31. The number of aliphatic hydroxyl groups is 2. The van der Waals surface area contributed by atoms with E-state index in [9.17, 15) is 44.7 Å². The average molecular weight is 828 g/mol. The van der Waals surface area contributed by atoms with Gasteiger partial charge in [0.2, 0.25) is 5.78 Å². The lowest BCUT2D eigenvalue weighted by Crippen LogP contribution is -2.58. The van der Waals surface area contributed by atoms with E-state index in [1.54, 1.807) is 27.7 Å². The maximum atomic E-state index is 14.0. The van der Waals surface area contributed by atoms with Crippen LogP contribution < -0.4 is 0 Å². The van der Waals surface area contributed by atoms with Crippen LogP contribution in [0.2, 0.25) is 0 Å². The smallest absolute Gasteiger partial charge is 0.316 e. The van der Waals surface area contributed by atoms with Crippen LogP contribution in [0.3, 0.4) is 0 Å². The fourth-order valence-corrected chi connectivity index (χ4v) is 9.36. The first kappa shape index (κ1) is 43.1. The third-order valence-electron chi connectivity index (χ3n) is 12.5. The molecular weight excluding hydrogens is 774 g/mol. The number of ether oxygens (including phenoxy) is 7. The Morgan fingerprint density at radius 2 is 1.47 bits per heavy atom. The van der Waals surface area contributed by atoms with Gasteiger partial charge in [-0.15, -0.1) is 0 Å². The topological polar surface area (TPSA) is 237 Å². The number of hydrogen-bond donors (Lipinski definition) is 5. The van der Waals surface area contributed by atoms with Gasteiger partial charge in [0.15, 0.2) is 30.4 Å². The van der Waals surface area contributed by atoms with Gasteiger partial charge in [-0.2, -0.15) is 0 Å². The number of hydrogen-bond acceptors (Lipinski definition) is 17. The SMILES string of the molecule is CC[C@@]1(O)C[C@H](O[C@H]2C[C@H](N(C)C)[C@H](O[C@H]3C[C@H](O)[C@H](O[C@H]4CCC(=O)[C@H](C)O4)[C@H](C)O3)[C@H](C)O2)c2c(O)c3c(c(O)c2[C@H]1C(=O)OC)C(=O)c1cccc(O)c1C3=O. The molecule has 5 N–H and O–H groups in total. The van der Waals surface area contributed by atoms with Gasteiger partial charge in [-0.1, -0.05) is 19.1 Å². The lowest BCUT2D eigenvalue weighted by atomic mass is 9.66. The van der Waals surface area contributed by atoms with Crippen molar-refractivity contribution in [3.63, 3.8) is 0 Å². The zero-order valence-corrected chi connectivity index (χ0v) is 34.1. The molecule has 2 aromatic rings. The van der Waals surface area contributed by atoms with Gasteiger partial charge in [-0.3, -0.25) is 19.2 Å². The van der Waals surface area contributed by atoms with Crippen LogP contribution in [0.25, 0.3) is 0 Å². The highest BCUT2D eigenvalue weighted by atomic mass is 16.7. The molecule has 0 spiro atoms. The summed E-state index contributed by atoms with van der Waals surface area (Å²) in [6, 6.07) is 3.49. The number of likely N-dealkylation sites (N-methyl/N-ethyl adjacent to an activating group) is 1. The number of rotatable bonds is 9.